The van der Waals surface area contributed by atoms with Crippen molar-refractivity contribution in [2.45, 2.75) is 13.0 Å². The van der Waals surface area contributed by atoms with Crippen molar-refractivity contribution in [1.29, 1.82) is 0 Å². The van der Waals surface area contributed by atoms with Gasteiger partial charge in [0, 0.05) is 33.3 Å². The zero-order valence-corrected chi connectivity index (χ0v) is 12.7. The van der Waals surface area contributed by atoms with E-state index in [-0.39, 0.29) is 0 Å². The third-order valence-corrected chi connectivity index (χ3v) is 3.85. The Morgan fingerprint density at radius 3 is 2.76 bits per heavy atom. The minimum absolute atomic E-state index is 0.878. The highest BCUT2D eigenvalue weighted by molar-refractivity contribution is 5.51. The molecule has 110 valence electrons. The van der Waals surface area contributed by atoms with Gasteiger partial charge < -0.3 is 14.5 Å². The quantitative estimate of drug-likeness (QED) is 0.863. The van der Waals surface area contributed by atoms with Crippen LogP contribution in [-0.2, 0) is 13.0 Å². The molecule has 1 aliphatic heterocycles. The van der Waals surface area contributed by atoms with Crippen LogP contribution in [0.3, 0.4) is 0 Å². The van der Waals surface area contributed by atoms with Gasteiger partial charge in [0.15, 0.2) is 0 Å². The summed E-state index contributed by atoms with van der Waals surface area (Å²) in [7, 11) is 5.69. The number of benzene rings is 1. The standard InChI is InChI=1S/C16H20N4O/c1-19(2)15-9-16(18-11-17-15)20-7-6-12-8-14(21-3)5-4-13(12)10-20/h4-5,8-9,11H,6-7,10H2,1-3H3. The van der Waals surface area contributed by atoms with Crippen LogP contribution in [0.1, 0.15) is 11.1 Å². The molecule has 1 aromatic heterocycles. The molecule has 0 fully saturated rings. The summed E-state index contributed by atoms with van der Waals surface area (Å²) < 4.78 is 5.29. The molecule has 21 heavy (non-hydrogen) atoms. The Morgan fingerprint density at radius 1 is 1.14 bits per heavy atom. The molecule has 0 radical (unpaired) electrons. The second-order valence-electron chi connectivity index (χ2n) is 5.44. The maximum absolute atomic E-state index is 5.29. The lowest BCUT2D eigenvalue weighted by molar-refractivity contribution is 0.413. The first kappa shape index (κ1) is 13.7. The molecule has 0 unspecified atom stereocenters. The number of anilines is 2. The van der Waals surface area contributed by atoms with Gasteiger partial charge in [-0.15, -0.1) is 0 Å². The van der Waals surface area contributed by atoms with E-state index in [1.807, 2.05) is 31.1 Å². The van der Waals surface area contributed by atoms with Crippen LogP contribution in [0, 0.1) is 0 Å². The van der Waals surface area contributed by atoms with Crippen LogP contribution < -0.4 is 14.5 Å². The van der Waals surface area contributed by atoms with E-state index in [0.29, 0.717) is 0 Å². The van der Waals surface area contributed by atoms with Crippen LogP contribution in [0.2, 0.25) is 0 Å². The van der Waals surface area contributed by atoms with E-state index >= 15 is 0 Å². The summed E-state index contributed by atoms with van der Waals surface area (Å²) in [5, 5.41) is 0. The molecule has 0 saturated carbocycles. The number of ether oxygens (including phenoxy) is 1. The highest BCUT2D eigenvalue weighted by atomic mass is 16.5. The number of hydrogen-bond donors (Lipinski definition) is 0. The Morgan fingerprint density at radius 2 is 2.00 bits per heavy atom. The third-order valence-electron chi connectivity index (χ3n) is 3.85. The van der Waals surface area contributed by atoms with E-state index in [9.17, 15) is 0 Å². The van der Waals surface area contributed by atoms with E-state index in [0.717, 1.165) is 36.9 Å². The SMILES string of the molecule is COc1ccc2c(c1)CCN(c1cc(N(C)C)ncn1)C2. The molecule has 3 rings (SSSR count). The molecule has 5 nitrogen and oxygen atoms in total. The largest absolute Gasteiger partial charge is 0.497 e. The Labute approximate surface area is 125 Å². The van der Waals surface area contributed by atoms with E-state index < -0.39 is 0 Å². The molecule has 1 aliphatic rings. The summed E-state index contributed by atoms with van der Waals surface area (Å²) in [5.41, 5.74) is 2.71. The number of methoxy groups -OCH3 is 1. The van der Waals surface area contributed by atoms with Gasteiger partial charge in [-0.2, -0.15) is 0 Å². The van der Waals surface area contributed by atoms with Crippen molar-refractivity contribution in [3.05, 3.63) is 41.7 Å². The van der Waals surface area contributed by atoms with Gasteiger partial charge in [-0.1, -0.05) is 6.07 Å². The van der Waals surface area contributed by atoms with E-state index in [2.05, 4.69) is 27.0 Å². The average molecular weight is 284 g/mol. The number of hydrogen-bond acceptors (Lipinski definition) is 5. The minimum atomic E-state index is 0.878. The Balaban J connectivity index is 1.84. The molecule has 0 saturated heterocycles. The van der Waals surface area contributed by atoms with Crippen LogP contribution in [0.4, 0.5) is 11.6 Å². The molecular formula is C16H20N4O. The van der Waals surface area contributed by atoms with Crippen LogP contribution >= 0.6 is 0 Å². The van der Waals surface area contributed by atoms with Gasteiger partial charge in [0.25, 0.3) is 0 Å². The lowest BCUT2D eigenvalue weighted by Gasteiger charge is -2.30. The number of nitrogens with zero attached hydrogens (tertiary/aromatic N) is 4. The fraction of sp³-hybridized carbons (Fsp3) is 0.375. The first-order chi connectivity index (χ1) is 10.2. The molecule has 0 atom stereocenters. The fourth-order valence-corrected chi connectivity index (χ4v) is 2.61. The van der Waals surface area contributed by atoms with Gasteiger partial charge in [0.2, 0.25) is 0 Å². The molecule has 0 N–H and O–H groups in total. The summed E-state index contributed by atoms with van der Waals surface area (Å²) in [4.78, 5) is 13.0. The van der Waals surface area contributed by atoms with E-state index in [1.54, 1.807) is 13.4 Å². The third kappa shape index (κ3) is 2.77. The fourth-order valence-electron chi connectivity index (χ4n) is 2.61. The van der Waals surface area contributed by atoms with Crippen molar-refractivity contribution < 1.29 is 4.74 Å². The molecule has 0 amide bonds. The lowest BCUT2D eigenvalue weighted by Crippen LogP contribution is -2.31. The topological polar surface area (TPSA) is 41.5 Å². The van der Waals surface area contributed by atoms with E-state index in [1.165, 1.54) is 11.1 Å². The van der Waals surface area contributed by atoms with Gasteiger partial charge in [0.1, 0.15) is 23.7 Å². The minimum Gasteiger partial charge on any atom is -0.497 e. The van der Waals surface area contributed by atoms with Crippen LogP contribution in [0.5, 0.6) is 5.75 Å². The Hall–Kier alpha value is -2.30. The maximum atomic E-state index is 5.29. The summed E-state index contributed by atoms with van der Waals surface area (Å²) in [6.07, 6.45) is 2.64. The lowest BCUT2D eigenvalue weighted by atomic mass is 9.99. The molecule has 0 bridgehead atoms. The second kappa shape index (κ2) is 5.60. The summed E-state index contributed by atoms with van der Waals surface area (Å²) >= 11 is 0. The van der Waals surface area contributed by atoms with Gasteiger partial charge in [-0.3, -0.25) is 0 Å². The van der Waals surface area contributed by atoms with E-state index in [4.69, 9.17) is 4.74 Å². The van der Waals surface area contributed by atoms with Crippen molar-refractivity contribution in [1.82, 2.24) is 9.97 Å². The molecular weight excluding hydrogens is 264 g/mol. The summed E-state index contributed by atoms with van der Waals surface area (Å²) in [6, 6.07) is 8.34. The average Bonchev–Trinajstić information content (AvgIpc) is 2.54. The second-order valence-corrected chi connectivity index (χ2v) is 5.44. The van der Waals surface area contributed by atoms with Crippen molar-refractivity contribution >= 4 is 11.6 Å². The Bertz CT molecular complexity index is 642. The van der Waals surface area contributed by atoms with Crippen molar-refractivity contribution in [3.63, 3.8) is 0 Å². The predicted octanol–water partition coefficient (Wildman–Crippen LogP) is 2.11. The zero-order valence-electron chi connectivity index (χ0n) is 12.7. The Kier molecular flexibility index (Phi) is 3.64. The zero-order chi connectivity index (χ0) is 14.8. The van der Waals surface area contributed by atoms with Crippen molar-refractivity contribution in [3.8, 4) is 5.75 Å². The molecule has 2 heterocycles. The normalized spacial score (nSPS) is 13.8. The van der Waals surface area contributed by atoms with Crippen LogP contribution in [0.15, 0.2) is 30.6 Å². The van der Waals surface area contributed by atoms with Crippen molar-refractivity contribution in [2.75, 3.05) is 37.5 Å². The van der Waals surface area contributed by atoms with Gasteiger partial charge in [-0.25, -0.2) is 9.97 Å². The molecule has 1 aromatic carbocycles. The molecule has 0 spiro atoms. The first-order valence-electron chi connectivity index (χ1n) is 7.07. The van der Waals surface area contributed by atoms with Crippen molar-refractivity contribution in [2.24, 2.45) is 0 Å². The molecule has 0 aliphatic carbocycles. The smallest absolute Gasteiger partial charge is 0.134 e. The molecule has 5 heteroatoms. The maximum Gasteiger partial charge on any atom is 0.134 e. The van der Waals surface area contributed by atoms with Crippen LogP contribution in [0.25, 0.3) is 0 Å². The number of aromatic nitrogens is 2. The molecule has 2 aromatic rings. The van der Waals surface area contributed by atoms with Gasteiger partial charge in [0.05, 0.1) is 7.11 Å². The monoisotopic (exact) mass is 284 g/mol. The number of rotatable bonds is 3. The predicted molar refractivity (Wildman–Crippen MR) is 84.1 cm³/mol. The van der Waals surface area contributed by atoms with Gasteiger partial charge in [-0.05, 0) is 29.7 Å². The summed E-state index contributed by atoms with van der Waals surface area (Å²) in [5.74, 6) is 2.84. The van der Waals surface area contributed by atoms with Crippen LogP contribution in [-0.4, -0.2) is 37.7 Å². The first-order valence-corrected chi connectivity index (χ1v) is 7.07. The highest BCUT2D eigenvalue weighted by Gasteiger charge is 2.18. The number of fused-ring (bicyclic) bond motifs is 1. The van der Waals surface area contributed by atoms with Gasteiger partial charge >= 0.3 is 0 Å². The highest BCUT2D eigenvalue weighted by Crippen LogP contribution is 2.27. The summed E-state index contributed by atoms with van der Waals surface area (Å²) in [6.45, 7) is 1.84.